The molecule has 0 N–H and O–H groups in total. The van der Waals surface area contributed by atoms with E-state index in [-0.39, 0.29) is 0 Å². The molecule has 0 heterocycles. The number of halogens is 1. The first kappa shape index (κ1) is 17.4. The van der Waals surface area contributed by atoms with E-state index in [1.807, 2.05) is 60.7 Å². The fraction of sp³-hybridized carbons (Fsp3) is 0.182. The first-order valence-corrected chi connectivity index (χ1v) is 8.73. The van der Waals surface area contributed by atoms with E-state index in [0.717, 1.165) is 27.8 Å². The van der Waals surface area contributed by atoms with Gasteiger partial charge < -0.3 is 9.47 Å². The second-order valence-corrected chi connectivity index (χ2v) is 6.65. The van der Waals surface area contributed by atoms with Crippen molar-refractivity contribution in [1.29, 1.82) is 0 Å². The van der Waals surface area contributed by atoms with Gasteiger partial charge in [0.05, 0.1) is 0 Å². The Labute approximate surface area is 154 Å². The maximum atomic E-state index is 5.92. The lowest BCUT2D eigenvalue weighted by atomic mass is 10.0. The highest BCUT2D eigenvalue weighted by molar-refractivity contribution is 6.30. The molecule has 0 aromatic heterocycles. The first-order valence-electron chi connectivity index (χ1n) is 8.35. The summed E-state index contributed by atoms with van der Waals surface area (Å²) in [5, 5.41) is 0.725. The molecule has 0 atom stereocenters. The predicted octanol–water partition coefficient (Wildman–Crippen LogP) is 6.83. The third-order valence-electron chi connectivity index (χ3n) is 3.91. The summed E-state index contributed by atoms with van der Waals surface area (Å²) in [4.78, 5) is 0. The van der Waals surface area contributed by atoms with Crippen LogP contribution in [0.2, 0.25) is 5.02 Å². The zero-order valence-corrected chi connectivity index (χ0v) is 15.2. The molecule has 0 spiro atoms. The van der Waals surface area contributed by atoms with Gasteiger partial charge in [-0.25, -0.2) is 0 Å². The van der Waals surface area contributed by atoms with Gasteiger partial charge in [0.25, 0.3) is 0 Å². The Morgan fingerprint density at radius 1 is 0.800 bits per heavy atom. The Morgan fingerprint density at radius 2 is 1.48 bits per heavy atom. The van der Waals surface area contributed by atoms with Gasteiger partial charge in [-0.2, -0.15) is 0 Å². The van der Waals surface area contributed by atoms with E-state index in [4.69, 9.17) is 21.1 Å². The summed E-state index contributed by atoms with van der Waals surface area (Å²) in [6.07, 6.45) is 0. The van der Waals surface area contributed by atoms with E-state index in [1.54, 1.807) is 0 Å². The molecule has 0 aliphatic carbocycles. The largest absolute Gasteiger partial charge is 0.489 e. The van der Waals surface area contributed by atoms with Crippen LogP contribution in [0.25, 0.3) is 0 Å². The number of benzene rings is 3. The second-order valence-electron chi connectivity index (χ2n) is 6.22. The standard InChI is InChI=1S/C22H21ClO2/c1-16(2)18-8-12-20(13-9-18)25-22-5-3-4-21(14-22)24-15-17-6-10-19(23)11-7-17/h3-14,16H,15H2,1-2H3. The summed E-state index contributed by atoms with van der Waals surface area (Å²) in [5.74, 6) is 2.86. The molecule has 128 valence electrons. The average Bonchev–Trinajstić information content (AvgIpc) is 2.62. The maximum Gasteiger partial charge on any atom is 0.131 e. The predicted molar refractivity (Wildman–Crippen MR) is 103 cm³/mol. The molecule has 0 saturated heterocycles. The molecule has 0 aliphatic heterocycles. The van der Waals surface area contributed by atoms with Crippen LogP contribution in [-0.2, 0) is 6.61 Å². The van der Waals surface area contributed by atoms with Crippen LogP contribution < -0.4 is 9.47 Å². The molecule has 0 unspecified atom stereocenters. The quantitative estimate of drug-likeness (QED) is 0.483. The Balaban J connectivity index is 1.63. The fourth-order valence-corrected chi connectivity index (χ4v) is 2.56. The van der Waals surface area contributed by atoms with Crippen LogP contribution in [0.15, 0.2) is 72.8 Å². The van der Waals surface area contributed by atoms with Crippen molar-refractivity contribution in [3.8, 4) is 17.2 Å². The molecule has 0 saturated carbocycles. The number of hydrogen-bond donors (Lipinski definition) is 0. The Hall–Kier alpha value is -2.45. The summed E-state index contributed by atoms with van der Waals surface area (Å²) in [6, 6.07) is 23.5. The van der Waals surface area contributed by atoms with E-state index in [9.17, 15) is 0 Å². The topological polar surface area (TPSA) is 18.5 Å². The van der Waals surface area contributed by atoms with Crippen LogP contribution in [0.1, 0.15) is 30.9 Å². The minimum Gasteiger partial charge on any atom is -0.489 e. The normalized spacial score (nSPS) is 10.7. The van der Waals surface area contributed by atoms with E-state index in [1.165, 1.54) is 5.56 Å². The lowest BCUT2D eigenvalue weighted by molar-refractivity contribution is 0.304. The van der Waals surface area contributed by atoms with Gasteiger partial charge in [-0.3, -0.25) is 0 Å². The smallest absolute Gasteiger partial charge is 0.131 e. The summed E-state index contributed by atoms with van der Waals surface area (Å²) in [5.41, 5.74) is 2.37. The number of hydrogen-bond acceptors (Lipinski definition) is 2. The van der Waals surface area contributed by atoms with Crippen molar-refractivity contribution in [1.82, 2.24) is 0 Å². The van der Waals surface area contributed by atoms with E-state index in [2.05, 4.69) is 26.0 Å². The fourth-order valence-electron chi connectivity index (χ4n) is 2.43. The van der Waals surface area contributed by atoms with Gasteiger partial charge in [0, 0.05) is 11.1 Å². The summed E-state index contributed by atoms with van der Waals surface area (Å²) in [6.45, 7) is 4.85. The third-order valence-corrected chi connectivity index (χ3v) is 4.16. The van der Waals surface area contributed by atoms with E-state index >= 15 is 0 Å². The average molecular weight is 353 g/mol. The highest BCUT2D eigenvalue weighted by atomic mass is 35.5. The molecule has 3 heteroatoms. The molecule has 3 aromatic rings. The molecule has 25 heavy (non-hydrogen) atoms. The Morgan fingerprint density at radius 3 is 2.16 bits per heavy atom. The van der Waals surface area contributed by atoms with Crippen molar-refractivity contribution in [2.45, 2.75) is 26.4 Å². The van der Waals surface area contributed by atoms with Crippen molar-refractivity contribution >= 4 is 11.6 Å². The van der Waals surface area contributed by atoms with Crippen LogP contribution in [0.4, 0.5) is 0 Å². The Kier molecular flexibility index (Phi) is 5.62. The van der Waals surface area contributed by atoms with Gasteiger partial charge >= 0.3 is 0 Å². The second kappa shape index (κ2) is 8.09. The van der Waals surface area contributed by atoms with Gasteiger partial charge in [-0.15, -0.1) is 0 Å². The van der Waals surface area contributed by atoms with Crippen molar-refractivity contribution in [3.63, 3.8) is 0 Å². The van der Waals surface area contributed by atoms with Gasteiger partial charge in [-0.05, 0) is 53.4 Å². The van der Waals surface area contributed by atoms with Gasteiger partial charge in [0.1, 0.15) is 23.9 Å². The van der Waals surface area contributed by atoms with Crippen LogP contribution in [0.3, 0.4) is 0 Å². The molecule has 3 aromatic carbocycles. The van der Waals surface area contributed by atoms with Crippen LogP contribution in [-0.4, -0.2) is 0 Å². The zero-order valence-electron chi connectivity index (χ0n) is 14.4. The molecular weight excluding hydrogens is 332 g/mol. The minimum absolute atomic E-state index is 0.490. The first-order chi connectivity index (χ1) is 12.1. The summed E-state index contributed by atoms with van der Waals surface area (Å²) < 4.78 is 11.8. The van der Waals surface area contributed by atoms with E-state index in [0.29, 0.717) is 12.5 Å². The van der Waals surface area contributed by atoms with Crippen molar-refractivity contribution in [2.75, 3.05) is 0 Å². The molecule has 0 fully saturated rings. The molecule has 0 amide bonds. The molecular formula is C22H21ClO2. The lowest BCUT2D eigenvalue weighted by Crippen LogP contribution is -1.95. The third kappa shape index (κ3) is 5.01. The molecule has 0 bridgehead atoms. The highest BCUT2D eigenvalue weighted by Gasteiger charge is 2.03. The van der Waals surface area contributed by atoms with Gasteiger partial charge in [0.15, 0.2) is 0 Å². The summed E-state index contributed by atoms with van der Waals surface area (Å²) >= 11 is 5.90. The molecule has 3 rings (SSSR count). The van der Waals surface area contributed by atoms with Crippen LogP contribution in [0, 0.1) is 0 Å². The minimum atomic E-state index is 0.490. The van der Waals surface area contributed by atoms with Crippen molar-refractivity contribution < 1.29 is 9.47 Å². The van der Waals surface area contributed by atoms with Crippen LogP contribution in [0.5, 0.6) is 17.2 Å². The van der Waals surface area contributed by atoms with Crippen LogP contribution >= 0.6 is 11.6 Å². The SMILES string of the molecule is CC(C)c1ccc(Oc2cccc(OCc3ccc(Cl)cc3)c2)cc1. The highest BCUT2D eigenvalue weighted by Crippen LogP contribution is 2.27. The molecule has 2 nitrogen and oxygen atoms in total. The van der Waals surface area contributed by atoms with Crippen molar-refractivity contribution in [2.24, 2.45) is 0 Å². The lowest BCUT2D eigenvalue weighted by Gasteiger charge is -2.11. The van der Waals surface area contributed by atoms with E-state index < -0.39 is 0 Å². The molecule has 0 aliphatic rings. The number of ether oxygens (including phenoxy) is 2. The van der Waals surface area contributed by atoms with Gasteiger partial charge in [0.2, 0.25) is 0 Å². The maximum absolute atomic E-state index is 5.92. The van der Waals surface area contributed by atoms with Gasteiger partial charge in [-0.1, -0.05) is 55.8 Å². The Bertz CT molecular complexity index is 808. The molecule has 0 radical (unpaired) electrons. The number of rotatable bonds is 6. The zero-order chi connectivity index (χ0) is 17.6. The monoisotopic (exact) mass is 352 g/mol. The van der Waals surface area contributed by atoms with Crippen molar-refractivity contribution in [3.05, 3.63) is 88.9 Å². The summed E-state index contributed by atoms with van der Waals surface area (Å²) in [7, 11) is 0.